The summed E-state index contributed by atoms with van der Waals surface area (Å²) in [5, 5.41) is 0. The van der Waals surface area contributed by atoms with E-state index in [1.807, 2.05) is 0 Å². The number of rotatable bonds is 3. The van der Waals surface area contributed by atoms with Gasteiger partial charge >= 0.3 is 0 Å². The first-order valence-electron chi connectivity index (χ1n) is 6.37. The van der Waals surface area contributed by atoms with Gasteiger partial charge in [-0.05, 0) is 18.2 Å². The van der Waals surface area contributed by atoms with Crippen molar-refractivity contribution in [1.82, 2.24) is 9.80 Å². The van der Waals surface area contributed by atoms with Gasteiger partial charge in [-0.1, -0.05) is 0 Å². The third-order valence-electron chi connectivity index (χ3n) is 3.31. The minimum Gasteiger partial charge on any atom is -0.329 e. The molecule has 7 heteroatoms. The second-order valence-electron chi connectivity index (χ2n) is 4.69. The Labute approximate surface area is 121 Å². The fourth-order valence-corrected chi connectivity index (χ4v) is 2.18. The van der Waals surface area contributed by atoms with Crippen LogP contribution < -0.4 is 5.73 Å². The Kier molecular flexibility index (Phi) is 3.86. The van der Waals surface area contributed by atoms with Gasteiger partial charge in [0.2, 0.25) is 5.91 Å². The molecule has 1 heterocycles. The maximum Gasteiger partial charge on any atom is 0.261 e. The molecule has 1 aromatic carbocycles. The summed E-state index contributed by atoms with van der Waals surface area (Å²) in [4.78, 5) is 49.4. The van der Waals surface area contributed by atoms with Crippen LogP contribution in [0.3, 0.4) is 0 Å². The third-order valence-corrected chi connectivity index (χ3v) is 3.31. The van der Waals surface area contributed by atoms with Crippen molar-refractivity contribution in [2.24, 2.45) is 5.73 Å². The van der Waals surface area contributed by atoms with Gasteiger partial charge in [0.15, 0.2) is 0 Å². The van der Waals surface area contributed by atoms with E-state index in [2.05, 4.69) is 0 Å². The lowest BCUT2D eigenvalue weighted by atomic mass is 10.0. The molecule has 0 fully saturated rings. The lowest BCUT2D eigenvalue weighted by molar-refractivity contribution is -0.126. The van der Waals surface area contributed by atoms with Crippen LogP contribution in [-0.2, 0) is 4.79 Å². The van der Waals surface area contributed by atoms with E-state index < -0.39 is 23.6 Å². The first-order valence-corrected chi connectivity index (χ1v) is 6.37. The number of nitrogens with zero attached hydrogens (tertiary/aromatic N) is 2. The molecule has 0 spiro atoms. The van der Waals surface area contributed by atoms with Gasteiger partial charge in [0.05, 0.1) is 11.1 Å². The van der Waals surface area contributed by atoms with Crippen LogP contribution in [0, 0.1) is 0 Å². The van der Waals surface area contributed by atoms with Crippen LogP contribution in [0.4, 0.5) is 0 Å². The fourth-order valence-electron chi connectivity index (χ4n) is 2.18. The summed E-state index contributed by atoms with van der Waals surface area (Å²) in [6, 6.07) is 4.19. The number of carbonyl (C=O) groups excluding carboxylic acids is 4. The molecule has 21 heavy (non-hydrogen) atoms. The van der Waals surface area contributed by atoms with Crippen LogP contribution in [0.15, 0.2) is 18.2 Å². The number of amides is 4. The molecule has 0 saturated carbocycles. The zero-order valence-electron chi connectivity index (χ0n) is 11.8. The Balaban J connectivity index is 2.40. The lowest BCUT2D eigenvalue weighted by Gasteiger charge is -2.18. The molecular formula is C14H15N3O4. The van der Waals surface area contributed by atoms with Gasteiger partial charge in [-0.25, -0.2) is 0 Å². The van der Waals surface area contributed by atoms with E-state index in [4.69, 9.17) is 5.73 Å². The average molecular weight is 289 g/mol. The summed E-state index contributed by atoms with van der Waals surface area (Å²) >= 11 is 0. The second-order valence-corrected chi connectivity index (χ2v) is 4.69. The average Bonchev–Trinajstić information content (AvgIpc) is 2.68. The van der Waals surface area contributed by atoms with E-state index in [1.54, 1.807) is 0 Å². The zero-order valence-corrected chi connectivity index (χ0v) is 11.8. The van der Waals surface area contributed by atoms with Crippen molar-refractivity contribution in [3.63, 3.8) is 0 Å². The molecule has 7 nitrogen and oxygen atoms in total. The molecule has 0 saturated heterocycles. The highest BCUT2D eigenvalue weighted by molar-refractivity contribution is 6.22. The predicted molar refractivity (Wildman–Crippen MR) is 73.6 cm³/mol. The van der Waals surface area contributed by atoms with Gasteiger partial charge in [0.25, 0.3) is 17.7 Å². The Morgan fingerprint density at radius 3 is 2.38 bits per heavy atom. The molecule has 2 rings (SSSR count). The van der Waals surface area contributed by atoms with E-state index in [-0.39, 0.29) is 29.8 Å². The van der Waals surface area contributed by atoms with Crippen molar-refractivity contribution in [3.8, 4) is 0 Å². The molecule has 0 aliphatic carbocycles. The summed E-state index contributed by atoms with van der Waals surface area (Å²) in [6.07, 6.45) is 0. The van der Waals surface area contributed by atoms with E-state index in [9.17, 15) is 19.2 Å². The van der Waals surface area contributed by atoms with Crippen molar-refractivity contribution in [2.45, 2.75) is 6.92 Å². The molecule has 0 aromatic heterocycles. The largest absolute Gasteiger partial charge is 0.329 e. The summed E-state index contributed by atoms with van der Waals surface area (Å²) in [5.41, 5.74) is 5.98. The van der Waals surface area contributed by atoms with Crippen molar-refractivity contribution in [1.29, 1.82) is 0 Å². The van der Waals surface area contributed by atoms with Gasteiger partial charge in [-0.2, -0.15) is 0 Å². The molecule has 0 bridgehead atoms. The van der Waals surface area contributed by atoms with Gasteiger partial charge in [-0.15, -0.1) is 0 Å². The molecule has 110 valence electrons. The number of nitrogens with two attached hydrogens (primary N) is 1. The maximum absolute atomic E-state index is 12.3. The number of carbonyl (C=O) groups is 4. The van der Waals surface area contributed by atoms with E-state index >= 15 is 0 Å². The normalized spacial score (nSPS) is 13.4. The molecular weight excluding hydrogens is 274 g/mol. The SMILES string of the molecule is CC(=O)N(CCN)C(=O)c1ccc2c(c1)C(=O)N(C)C2=O. The van der Waals surface area contributed by atoms with E-state index in [1.165, 1.54) is 32.2 Å². The highest BCUT2D eigenvalue weighted by Crippen LogP contribution is 2.23. The van der Waals surface area contributed by atoms with Crippen LogP contribution in [0.5, 0.6) is 0 Å². The minimum absolute atomic E-state index is 0.0953. The first-order chi connectivity index (χ1) is 9.88. The third kappa shape index (κ3) is 2.43. The molecule has 1 aliphatic heterocycles. The lowest BCUT2D eigenvalue weighted by Crippen LogP contribution is -2.38. The molecule has 0 radical (unpaired) electrons. The standard InChI is InChI=1S/C14H15N3O4/c1-8(18)17(6-5-15)12(19)9-3-4-10-11(7-9)14(21)16(2)13(10)20/h3-4,7H,5-6,15H2,1-2H3. The highest BCUT2D eigenvalue weighted by Gasteiger charge is 2.33. The van der Waals surface area contributed by atoms with Gasteiger partial charge in [-0.3, -0.25) is 29.0 Å². The van der Waals surface area contributed by atoms with Crippen molar-refractivity contribution in [3.05, 3.63) is 34.9 Å². The Bertz CT molecular complexity index is 654. The quantitative estimate of drug-likeness (QED) is 0.780. The van der Waals surface area contributed by atoms with E-state index in [0.29, 0.717) is 0 Å². The Hall–Kier alpha value is -2.54. The van der Waals surface area contributed by atoms with Crippen molar-refractivity contribution >= 4 is 23.6 Å². The fraction of sp³-hybridized carbons (Fsp3) is 0.286. The summed E-state index contributed by atoms with van der Waals surface area (Å²) in [5.74, 6) is -1.83. The summed E-state index contributed by atoms with van der Waals surface area (Å²) in [7, 11) is 1.38. The predicted octanol–water partition coefficient (Wildman–Crippen LogP) is -0.140. The van der Waals surface area contributed by atoms with Gasteiger partial charge in [0.1, 0.15) is 0 Å². The molecule has 1 aliphatic rings. The zero-order chi connectivity index (χ0) is 15.7. The molecule has 0 atom stereocenters. The topological polar surface area (TPSA) is 101 Å². The van der Waals surface area contributed by atoms with Gasteiger partial charge < -0.3 is 5.73 Å². The summed E-state index contributed by atoms with van der Waals surface area (Å²) in [6.45, 7) is 1.51. The molecule has 2 N–H and O–H groups in total. The van der Waals surface area contributed by atoms with Crippen molar-refractivity contribution in [2.75, 3.05) is 20.1 Å². The molecule has 0 unspecified atom stereocenters. The maximum atomic E-state index is 12.3. The number of hydrogen-bond donors (Lipinski definition) is 1. The number of benzene rings is 1. The number of imide groups is 2. The number of hydrogen-bond acceptors (Lipinski definition) is 5. The second kappa shape index (κ2) is 5.45. The van der Waals surface area contributed by atoms with E-state index in [0.717, 1.165) is 9.80 Å². The van der Waals surface area contributed by atoms with Crippen LogP contribution in [0.2, 0.25) is 0 Å². The van der Waals surface area contributed by atoms with Crippen LogP contribution >= 0.6 is 0 Å². The molecule has 4 amide bonds. The highest BCUT2D eigenvalue weighted by atomic mass is 16.2. The van der Waals surface area contributed by atoms with Crippen LogP contribution in [0.1, 0.15) is 38.0 Å². The van der Waals surface area contributed by atoms with Crippen LogP contribution in [-0.4, -0.2) is 53.6 Å². The monoisotopic (exact) mass is 289 g/mol. The Morgan fingerprint density at radius 2 is 1.81 bits per heavy atom. The number of fused-ring (bicyclic) bond motifs is 1. The summed E-state index contributed by atoms with van der Waals surface area (Å²) < 4.78 is 0. The minimum atomic E-state index is -0.537. The van der Waals surface area contributed by atoms with Crippen LogP contribution in [0.25, 0.3) is 0 Å². The molecule has 1 aromatic rings. The Morgan fingerprint density at radius 1 is 1.19 bits per heavy atom. The van der Waals surface area contributed by atoms with Gasteiger partial charge in [0, 0.05) is 32.6 Å². The first kappa shape index (κ1) is 14.9. The van der Waals surface area contributed by atoms with Crippen molar-refractivity contribution < 1.29 is 19.2 Å². The smallest absolute Gasteiger partial charge is 0.261 e.